The van der Waals surface area contributed by atoms with E-state index in [1.165, 1.54) is 0 Å². The molecule has 0 bridgehead atoms. The molecule has 0 aromatic heterocycles. The average molecular weight is 234 g/mol. The SMILES string of the molecule is COCCCN(CCOC)CCC(O)CN. The molecule has 98 valence electrons. The van der Waals surface area contributed by atoms with Crippen molar-refractivity contribution < 1.29 is 14.6 Å². The molecule has 0 aliphatic rings. The van der Waals surface area contributed by atoms with Crippen LogP contribution in [0.15, 0.2) is 0 Å². The van der Waals surface area contributed by atoms with E-state index in [0.29, 0.717) is 19.6 Å². The van der Waals surface area contributed by atoms with Gasteiger partial charge >= 0.3 is 0 Å². The molecule has 5 heteroatoms. The first kappa shape index (κ1) is 15.8. The van der Waals surface area contributed by atoms with Crippen LogP contribution in [0.5, 0.6) is 0 Å². The van der Waals surface area contributed by atoms with Crippen LogP contribution < -0.4 is 5.73 Å². The van der Waals surface area contributed by atoms with Crippen molar-refractivity contribution in [1.29, 1.82) is 0 Å². The summed E-state index contributed by atoms with van der Waals surface area (Å²) >= 11 is 0. The van der Waals surface area contributed by atoms with Gasteiger partial charge in [-0.2, -0.15) is 0 Å². The van der Waals surface area contributed by atoms with Gasteiger partial charge in [0.2, 0.25) is 0 Å². The second kappa shape index (κ2) is 11.3. The summed E-state index contributed by atoms with van der Waals surface area (Å²) in [5.41, 5.74) is 5.37. The van der Waals surface area contributed by atoms with E-state index in [4.69, 9.17) is 15.2 Å². The topological polar surface area (TPSA) is 68.0 Å². The summed E-state index contributed by atoms with van der Waals surface area (Å²) in [4.78, 5) is 2.27. The molecule has 0 fully saturated rings. The molecule has 3 N–H and O–H groups in total. The molecule has 0 radical (unpaired) electrons. The first-order chi connectivity index (χ1) is 7.74. The van der Waals surface area contributed by atoms with Gasteiger partial charge in [-0.05, 0) is 12.8 Å². The molecule has 0 saturated heterocycles. The number of aliphatic hydroxyl groups is 1. The van der Waals surface area contributed by atoms with Gasteiger partial charge in [0.25, 0.3) is 0 Å². The Labute approximate surface area is 98.5 Å². The third-order valence-corrected chi connectivity index (χ3v) is 2.49. The van der Waals surface area contributed by atoms with E-state index < -0.39 is 6.10 Å². The monoisotopic (exact) mass is 234 g/mol. The molecular formula is C11H26N2O3. The van der Waals surface area contributed by atoms with Crippen molar-refractivity contribution in [2.24, 2.45) is 5.73 Å². The molecule has 0 saturated carbocycles. The molecule has 0 heterocycles. The molecule has 0 aliphatic heterocycles. The van der Waals surface area contributed by atoms with Crippen LogP contribution in [-0.4, -0.2) is 69.7 Å². The van der Waals surface area contributed by atoms with Crippen molar-refractivity contribution in [2.75, 3.05) is 53.6 Å². The van der Waals surface area contributed by atoms with Crippen LogP contribution in [0.25, 0.3) is 0 Å². The molecule has 0 aliphatic carbocycles. The third kappa shape index (κ3) is 9.06. The fraction of sp³-hybridized carbons (Fsp3) is 1.00. The lowest BCUT2D eigenvalue weighted by Gasteiger charge is -2.22. The minimum atomic E-state index is -0.396. The third-order valence-electron chi connectivity index (χ3n) is 2.49. The number of nitrogens with two attached hydrogens (primary N) is 1. The number of ether oxygens (including phenoxy) is 2. The highest BCUT2D eigenvalue weighted by Gasteiger charge is 2.07. The molecule has 5 nitrogen and oxygen atoms in total. The fourth-order valence-corrected chi connectivity index (χ4v) is 1.44. The maximum atomic E-state index is 9.40. The van der Waals surface area contributed by atoms with E-state index in [9.17, 15) is 5.11 Å². The zero-order valence-corrected chi connectivity index (χ0v) is 10.5. The van der Waals surface area contributed by atoms with Crippen LogP contribution in [0.2, 0.25) is 0 Å². The van der Waals surface area contributed by atoms with Crippen LogP contribution >= 0.6 is 0 Å². The Morgan fingerprint density at radius 3 is 2.38 bits per heavy atom. The Bertz CT molecular complexity index is 147. The van der Waals surface area contributed by atoms with Gasteiger partial charge in [0, 0.05) is 47.0 Å². The van der Waals surface area contributed by atoms with E-state index in [0.717, 1.165) is 32.7 Å². The molecule has 0 rings (SSSR count). The largest absolute Gasteiger partial charge is 0.392 e. The van der Waals surface area contributed by atoms with E-state index in [1.54, 1.807) is 14.2 Å². The Hall–Kier alpha value is -0.200. The van der Waals surface area contributed by atoms with Gasteiger partial charge in [0.15, 0.2) is 0 Å². The summed E-state index contributed by atoms with van der Waals surface area (Å²) in [6.45, 7) is 4.52. The molecule has 1 atom stereocenters. The van der Waals surface area contributed by atoms with Crippen LogP contribution in [0.3, 0.4) is 0 Å². The maximum absolute atomic E-state index is 9.40. The molecule has 0 spiro atoms. The van der Waals surface area contributed by atoms with Gasteiger partial charge in [0.1, 0.15) is 0 Å². The number of nitrogens with zero attached hydrogens (tertiary/aromatic N) is 1. The van der Waals surface area contributed by atoms with Crippen molar-refractivity contribution in [3.63, 3.8) is 0 Å². The van der Waals surface area contributed by atoms with Gasteiger partial charge in [-0.3, -0.25) is 0 Å². The lowest BCUT2D eigenvalue weighted by Crippen LogP contribution is -2.33. The summed E-state index contributed by atoms with van der Waals surface area (Å²) in [5, 5.41) is 9.40. The number of hydrogen-bond donors (Lipinski definition) is 2. The second-order valence-corrected chi connectivity index (χ2v) is 3.86. The van der Waals surface area contributed by atoms with Gasteiger partial charge in [0.05, 0.1) is 12.7 Å². The Morgan fingerprint density at radius 1 is 1.12 bits per heavy atom. The zero-order valence-electron chi connectivity index (χ0n) is 10.5. The van der Waals surface area contributed by atoms with E-state index in [1.807, 2.05) is 0 Å². The average Bonchev–Trinajstić information content (AvgIpc) is 2.31. The summed E-state index contributed by atoms with van der Waals surface area (Å²) in [6.07, 6.45) is 1.32. The smallest absolute Gasteiger partial charge is 0.0674 e. The first-order valence-electron chi connectivity index (χ1n) is 5.83. The lowest BCUT2D eigenvalue weighted by molar-refractivity contribution is 0.111. The minimum Gasteiger partial charge on any atom is -0.392 e. The summed E-state index contributed by atoms with van der Waals surface area (Å²) in [5.74, 6) is 0. The highest BCUT2D eigenvalue weighted by molar-refractivity contribution is 4.63. The second-order valence-electron chi connectivity index (χ2n) is 3.86. The summed E-state index contributed by atoms with van der Waals surface area (Å²) in [6, 6.07) is 0. The number of methoxy groups -OCH3 is 2. The number of hydrogen-bond acceptors (Lipinski definition) is 5. The Kier molecular flexibility index (Phi) is 11.1. The quantitative estimate of drug-likeness (QED) is 0.480. The molecule has 0 aromatic carbocycles. The fourth-order valence-electron chi connectivity index (χ4n) is 1.44. The molecular weight excluding hydrogens is 208 g/mol. The van der Waals surface area contributed by atoms with Crippen LogP contribution in [-0.2, 0) is 9.47 Å². The maximum Gasteiger partial charge on any atom is 0.0674 e. The van der Waals surface area contributed by atoms with Crippen LogP contribution in [0.1, 0.15) is 12.8 Å². The van der Waals surface area contributed by atoms with Crippen molar-refractivity contribution in [1.82, 2.24) is 4.90 Å². The normalized spacial score (nSPS) is 13.3. The minimum absolute atomic E-state index is 0.330. The number of rotatable bonds is 11. The van der Waals surface area contributed by atoms with Gasteiger partial charge < -0.3 is 25.2 Å². The van der Waals surface area contributed by atoms with Gasteiger partial charge in [-0.15, -0.1) is 0 Å². The summed E-state index contributed by atoms with van der Waals surface area (Å²) in [7, 11) is 3.40. The highest BCUT2D eigenvalue weighted by atomic mass is 16.5. The molecule has 1 unspecified atom stereocenters. The highest BCUT2D eigenvalue weighted by Crippen LogP contribution is 1.98. The summed E-state index contributed by atoms with van der Waals surface area (Å²) < 4.78 is 10.1. The predicted molar refractivity (Wildman–Crippen MR) is 64.5 cm³/mol. The van der Waals surface area contributed by atoms with Crippen molar-refractivity contribution in [3.05, 3.63) is 0 Å². The Balaban J connectivity index is 3.70. The Morgan fingerprint density at radius 2 is 1.81 bits per heavy atom. The van der Waals surface area contributed by atoms with Gasteiger partial charge in [-0.25, -0.2) is 0 Å². The van der Waals surface area contributed by atoms with Gasteiger partial charge in [-0.1, -0.05) is 0 Å². The molecule has 0 aromatic rings. The molecule has 16 heavy (non-hydrogen) atoms. The number of aliphatic hydroxyl groups excluding tert-OH is 1. The van der Waals surface area contributed by atoms with E-state index in [-0.39, 0.29) is 0 Å². The van der Waals surface area contributed by atoms with Crippen LogP contribution in [0, 0.1) is 0 Å². The first-order valence-corrected chi connectivity index (χ1v) is 5.83. The predicted octanol–water partition coefficient (Wildman–Crippen LogP) is -0.319. The lowest BCUT2D eigenvalue weighted by atomic mass is 10.2. The zero-order chi connectivity index (χ0) is 12.2. The molecule has 0 amide bonds. The van der Waals surface area contributed by atoms with Crippen molar-refractivity contribution in [2.45, 2.75) is 18.9 Å². The van der Waals surface area contributed by atoms with E-state index >= 15 is 0 Å². The van der Waals surface area contributed by atoms with Crippen molar-refractivity contribution >= 4 is 0 Å². The van der Waals surface area contributed by atoms with Crippen molar-refractivity contribution in [3.8, 4) is 0 Å². The van der Waals surface area contributed by atoms with Crippen LogP contribution in [0.4, 0.5) is 0 Å². The standard InChI is InChI=1S/C11H26N2O3/c1-15-8-3-5-13(7-9-16-2)6-4-11(14)10-12/h11,14H,3-10,12H2,1-2H3. The van der Waals surface area contributed by atoms with E-state index in [2.05, 4.69) is 4.90 Å².